The van der Waals surface area contributed by atoms with Gasteiger partial charge in [0.05, 0.1) is 4.99 Å². The summed E-state index contributed by atoms with van der Waals surface area (Å²) in [5, 5.41) is 0.624. The molecule has 1 heterocycles. The zero-order chi connectivity index (χ0) is 13.1. The highest BCUT2D eigenvalue weighted by Crippen LogP contribution is 2.37. The van der Waals surface area contributed by atoms with Crippen LogP contribution in [0.2, 0.25) is 0 Å². The second-order valence-electron chi connectivity index (χ2n) is 5.04. The number of hydrogen-bond donors (Lipinski definition) is 1. The van der Waals surface area contributed by atoms with E-state index in [9.17, 15) is 0 Å². The molecule has 0 aromatic heterocycles. The van der Waals surface area contributed by atoms with Crippen molar-refractivity contribution in [3.8, 4) is 0 Å². The normalized spacial score (nSPS) is 18.3. The molecule has 0 amide bonds. The Morgan fingerprint density at radius 2 is 2.22 bits per heavy atom. The average molecular weight is 280 g/mol. The van der Waals surface area contributed by atoms with E-state index in [1.165, 1.54) is 10.5 Å². The molecule has 1 aliphatic rings. The molecule has 0 saturated carbocycles. The Morgan fingerprint density at radius 1 is 1.50 bits per heavy atom. The first-order valence-corrected chi connectivity index (χ1v) is 7.62. The van der Waals surface area contributed by atoms with E-state index in [0.717, 1.165) is 19.5 Å². The van der Waals surface area contributed by atoms with Crippen LogP contribution in [0.1, 0.15) is 19.4 Å². The van der Waals surface area contributed by atoms with Gasteiger partial charge in [0.15, 0.2) is 0 Å². The van der Waals surface area contributed by atoms with Gasteiger partial charge in [-0.3, -0.25) is 4.90 Å². The zero-order valence-corrected chi connectivity index (χ0v) is 12.6. The third-order valence-corrected chi connectivity index (χ3v) is 4.67. The summed E-state index contributed by atoms with van der Waals surface area (Å²) in [6, 6.07) is 9.17. The van der Waals surface area contributed by atoms with Gasteiger partial charge in [-0.15, -0.1) is 11.8 Å². The topological polar surface area (TPSA) is 29.3 Å². The van der Waals surface area contributed by atoms with Gasteiger partial charge in [-0.05, 0) is 31.9 Å². The molecule has 2 nitrogen and oxygen atoms in total. The molecule has 1 unspecified atom stereocenters. The Morgan fingerprint density at radius 3 is 2.83 bits per heavy atom. The van der Waals surface area contributed by atoms with Crippen LogP contribution >= 0.6 is 24.0 Å². The van der Waals surface area contributed by atoms with Crippen molar-refractivity contribution in [1.82, 2.24) is 4.90 Å². The fourth-order valence-electron chi connectivity index (χ4n) is 2.28. The van der Waals surface area contributed by atoms with E-state index in [1.807, 2.05) is 11.8 Å². The first kappa shape index (κ1) is 13.8. The molecule has 0 spiro atoms. The molecular formula is C14H20N2S2. The number of nitrogens with two attached hydrogens (primary N) is 1. The standard InChI is InChI=1S/C14H20N2S2/c1-10(2)16(9-14(15)17)8-12-7-11-5-3-4-6-13(11)18-12/h3-6,10,12H,7-9H2,1-2H3,(H2,15,17). The highest BCUT2D eigenvalue weighted by Gasteiger charge is 2.24. The van der Waals surface area contributed by atoms with Gasteiger partial charge in [-0.2, -0.15) is 0 Å². The van der Waals surface area contributed by atoms with Crippen LogP contribution in [0.15, 0.2) is 29.2 Å². The van der Waals surface area contributed by atoms with E-state index in [4.69, 9.17) is 18.0 Å². The monoisotopic (exact) mass is 280 g/mol. The van der Waals surface area contributed by atoms with E-state index in [-0.39, 0.29) is 0 Å². The lowest BCUT2D eigenvalue weighted by molar-refractivity contribution is 0.255. The van der Waals surface area contributed by atoms with Crippen molar-refractivity contribution in [2.45, 2.75) is 36.5 Å². The van der Waals surface area contributed by atoms with Crippen molar-refractivity contribution < 1.29 is 0 Å². The number of rotatable bonds is 5. The summed E-state index contributed by atoms with van der Waals surface area (Å²) in [6.45, 7) is 6.17. The molecule has 0 saturated heterocycles. The van der Waals surface area contributed by atoms with Crippen molar-refractivity contribution in [2.75, 3.05) is 13.1 Å². The van der Waals surface area contributed by atoms with Crippen LogP contribution in [-0.2, 0) is 6.42 Å². The summed E-state index contributed by atoms with van der Waals surface area (Å²) >= 11 is 7.01. The molecule has 1 aromatic rings. The number of thioether (sulfide) groups is 1. The smallest absolute Gasteiger partial charge is 0.0870 e. The van der Waals surface area contributed by atoms with Crippen molar-refractivity contribution in [3.63, 3.8) is 0 Å². The second kappa shape index (κ2) is 6.04. The summed E-state index contributed by atoms with van der Waals surface area (Å²) in [5.41, 5.74) is 7.15. The van der Waals surface area contributed by atoms with Crippen LogP contribution in [0, 0.1) is 0 Å². The van der Waals surface area contributed by atoms with Gasteiger partial charge >= 0.3 is 0 Å². The average Bonchev–Trinajstić information content (AvgIpc) is 2.69. The van der Waals surface area contributed by atoms with Crippen LogP contribution in [0.5, 0.6) is 0 Å². The zero-order valence-electron chi connectivity index (χ0n) is 10.9. The minimum atomic E-state index is 0.482. The summed E-state index contributed by atoms with van der Waals surface area (Å²) in [4.78, 5) is 4.39. The lowest BCUT2D eigenvalue weighted by Crippen LogP contribution is -2.41. The molecule has 1 aliphatic heterocycles. The van der Waals surface area contributed by atoms with Crippen LogP contribution in [-0.4, -0.2) is 34.3 Å². The number of hydrogen-bond acceptors (Lipinski definition) is 3. The molecule has 0 bridgehead atoms. The quantitative estimate of drug-likeness (QED) is 0.840. The number of thiocarbonyl (C=S) groups is 1. The summed E-state index contributed by atoms with van der Waals surface area (Å²) < 4.78 is 0. The molecule has 0 fully saturated rings. The van der Waals surface area contributed by atoms with Gasteiger partial charge in [0, 0.05) is 29.3 Å². The predicted octanol–water partition coefficient (Wildman–Crippen LogP) is 2.70. The fraction of sp³-hybridized carbons (Fsp3) is 0.500. The minimum absolute atomic E-state index is 0.482. The van der Waals surface area contributed by atoms with E-state index in [0.29, 0.717) is 16.3 Å². The first-order valence-electron chi connectivity index (χ1n) is 6.33. The summed E-state index contributed by atoms with van der Waals surface area (Å²) in [5.74, 6) is 0. The van der Waals surface area contributed by atoms with Crippen molar-refractivity contribution in [3.05, 3.63) is 29.8 Å². The highest BCUT2D eigenvalue weighted by atomic mass is 32.2. The molecule has 98 valence electrons. The Bertz CT molecular complexity index is 407. The van der Waals surface area contributed by atoms with Gasteiger partial charge in [-0.25, -0.2) is 0 Å². The molecule has 2 N–H and O–H groups in total. The molecule has 18 heavy (non-hydrogen) atoms. The van der Waals surface area contributed by atoms with Gasteiger partial charge in [-0.1, -0.05) is 30.4 Å². The maximum Gasteiger partial charge on any atom is 0.0870 e. The molecule has 0 aliphatic carbocycles. The van der Waals surface area contributed by atoms with E-state index in [2.05, 4.69) is 43.0 Å². The molecular weight excluding hydrogens is 260 g/mol. The number of nitrogens with zero attached hydrogens (tertiary/aromatic N) is 1. The summed E-state index contributed by atoms with van der Waals surface area (Å²) in [7, 11) is 0. The lowest BCUT2D eigenvalue weighted by Gasteiger charge is -2.28. The Labute approximate surface area is 119 Å². The SMILES string of the molecule is CC(C)N(CC(N)=S)CC1Cc2ccccc2S1. The predicted molar refractivity (Wildman–Crippen MR) is 83.3 cm³/mol. The van der Waals surface area contributed by atoms with Gasteiger partial charge < -0.3 is 5.73 Å². The van der Waals surface area contributed by atoms with Crippen molar-refractivity contribution in [2.24, 2.45) is 5.73 Å². The Kier molecular flexibility index (Phi) is 4.65. The van der Waals surface area contributed by atoms with Crippen LogP contribution in [0.3, 0.4) is 0 Å². The third-order valence-electron chi connectivity index (χ3n) is 3.24. The van der Waals surface area contributed by atoms with Crippen LogP contribution < -0.4 is 5.73 Å². The maximum atomic E-state index is 5.67. The largest absolute Gasteiger partial charge is 0.392 e. The third kappa shape index (κ3) is 3.46. The molecule has 1 atom stereocenters. The Balaban J connectivity index is 1.96. The fourth-order valence-corrected chi connectivity index (χ4v) is 3.79. The van der Waals surface area contributed by atoms with E-state index < -0.39 is 0 Å². The van der Waals surface area contributed by atoms with E-state index in [1.54, 1.807) is 0 Å². The maximum absolute atomic E-state index is 5.67. The minimum Gasteiger partial charge on any atom is -0.392 e. The molecule has 2 rings (SSSR count). The second-order valence-corrected chi connectivity index (χ2v) is 6.91. The number of fused-ring (bicyclic) bond motifs is 1. The van der Waals surface area contributed by atoms with Gasteiger partial charge in [0.1, 0.15) is 0 Å². The highest BCUT2D eigenvalue weighted by molar-refractivity contribution is 8.00. The first-order chi connectivity index (χ1) is 8.56. The molecule has 0 radical (unpaired) electrons. The Hall–Kier alpha value is -0.580. The number of benzene rings is 1. The lowest BCUT2D eigenvalue weighted by atomic mass is 10.1. The van der Waals surface area contributed by atoms with E-state index >= 15 is 0 Å². The van der Waals surface area contributed by atoms with Gasteiger partial charge in [0.2, 0.25) is 0 Å². The molecule has 1 aromatic carbocycles. The van der Waals surface area contributed by atoms with Gasteiger partial charge in [0.25, 0.3) is 0 Å². The van der Waals surface area contributed by atoms with Crippen LogP contribution in [0.4, 0.5) is 0 Å². The van der Waals surface area contributed by atoms with Crippen LogP contribution in [0.25, 0.3) is 0 Å². The van der Waals surface area contributed by atoms with Crippen molar-refractivity contribution >= 4 is 29.0 Å². The van der Waals surface area contributed by atoms with Crippen molar-refractivity contribution in [1.29, 1.82) is 0 Å². The molecule has 4 heteroatoms. The summed E-state index contributed by atoms with van der Waals surface area (Å²) in [6.07, 6.45) is 1.15.